The van der Waals surface area contributed by atoms with Crippen molar-refractivity contribution < 1.29 is 9.53 Å². The van der Waals surface area contributed by atoms with Crippen LogP contribution >= 0.6 is 0 Å². The molecule has 0 aliphatic carbocycles. The Kier molecular flexibility index (Phi) is 6.15. The SMILES string of the molecule is C=CCN(CC(=O)OCC)Cc1cccc(C)c1. The molecule has 0 saturated heterocycles. The van der Waals surface area contributed by atoms with Gasteiger partial charge in [-0.25, -0.2) is 0 Å². The zero-order valence-corrected chi connectivity index (χ0v) is 11.2. The van der Waals surface area contributed by atoms with E-state index in [1.807, 2.05) is 17.9 Å². The summed E-state index contributed by atoms with van der Waals surface area (Å²) >= 11 is 0. The van der Waals surface area contributed by atoms with E-state index in [1.165, 1.54) is 11.1 Å². The molecule has 18 heavy (non-hydrogen) atoms. The van der Waals surface area contributed by atoms with Gasteiger partial charge in [0.15, 0.2) is 0 Å². The molecule has 0 aliphatic rings. The Bertz CT molecular complexity index is 401. The first-order valence-electron chi connectivity index (χ1n) is 6.20. The van der Waals surface area contributed by atoms with Gasteiger partial charge in [0.1, 0.15) is 0 Å². The van der Waals surface area contributed by atoms with Gasteiger partial charge < -0.3 is 4.74 Å². The number of hydrogen-bond acceptors (Lipinski definition) is 3. The van der Waals surface area contributed by atoms with Gasteiger partial charge in [0.05, 0.1) is 13.2 Å². The third-order valence-corrected chi connectivity index (χ3v) is 2.53. The minimum atomic E-state index is -0.188. The molecule has 0 spiro atoms. The van der Waals surface area contributed by atoms with Crippen LogP contribution in [0.25, 0.3) is 0 Å². The number of benzene rings is 1. The van der Waals surface area contributed by atoms with Crippen LogP contribution in [0, 0.1) is 6.92 Å². The second kappa shape index (κ2) is 7.67. The highest BCUT2D eigenvalue weighted by molar-refractivity contribution is 5.71. The second-order valence-electron chi connectivity index (χ2n) is 4.25. The van der Waals surface area contributed by atoms with Crippen LogP contribution in [-0.4, -0.2) is 30.6 Å². The van der Waals surface area contributed by atoms with E-state index in [0.717, 1.165) is 6.54 Å². The fraction of sp³-hybridized carbons (Fsp3) is 0.400. The van der Waals surface area contributed by atoms with E-state index in [0.29, 0.717) is 19.7 Å². The molecule has 0 atom stereocenters. The monoisotopic (exact) mass is 247 g/mol. The number of esters is 1. The standard InChI is InChI=1S/C15H21NO2/c1-4-9-16(12-15(17)18-5-2)11-14-8-6-7-13(3)10-14/h4,6-8,10H,1,5,9,11-12H2,2-3H3. The van der Waals surface area contributed by atoms with Crippen LogP contribution in [-0.2, 0) is 16.1 Å². The maximum Gasteiger partial charge on any atom is 0.320 e. The zero-order chi connectivity index (χ0) is 13.4. The normalized spacial score (nSPS) is 10.4. The lowest BCUT2D eigenvalue weighted by atomic mass is 10.1. The third kappa shape index (κ3) is 5.15. The van der Waals surface area contributed by atoms with E-state index in [2.05, 4.69) is 31.7 Å². The van der Waals surface area contributed by atoms with E-state index >= 15 is 0 Å². The number of ether oxygens (including phenoxy) is 1. The highest BCUT2D eigenvalue weighted by atomic mass is 16.5. The molecule has 0 bridgehead atoms. The third-order valence-electron chi connectivity index (χ3n) is 2.53. The topological polar surface area (TPSA) is 29.5 Å². The first kappa shape index (κ1) is 14.5. The largest absolute Gasteiger partial charge is 0.465 e. The lowest BCUT2D eigenvalue weighted by Gasteiger charge is -2.19. The Balaban J connectivity index is 2.62. The summed E-state index contributed by atoms with van der Waals surface area (Å²) in [7, 11) is 0. The van der Waals surface area contributed by atoms with Gasteiger partial charge in [-0.15, -0.1) is 6.58 Å². The molecule has 1 aromatic rings. The zero-order valence-electron chi connectivity index (χ0n) is 11.2. The highest BCUT2D eigenvalue weighted by Gasteiger charge is 2.10. The molecule has 0 fully saturated rings. The van der Waals surface area contributed by atoms with Crippen molar-refractivity contribution in [1.29, 1.82) is 0 Å². The van der Waals surface area contributed by atoms with Crippen LogP contribution in [0.5, 0.6) is 0 Å². The maximum atomic E-state index is 11.5. The van der Waals surface area contributed by atoms with E-state index in [-0.39, 0.29) is 5.97 Å². The number of nitrogens with zero attached hydrogens (tertiary/aromatic N) is 1. The Morgan fingerprint density at radius 1 is 1.50 bits per heavy atom. The Morgan fingerprint density at radius 2 is 2.28 bits per heavy atom. The Morgan fingerprint density at radius 3 is 2.89 bits per heavy atom. The molecule has 0 amide bonds. The van der Waals surface area contributed by atoms with Gasteiger partial charge in [-0.05, 0) is 19.4 Å². The number of aryl methyl sites for hydroxylation is 1. The minimum Gasteiger partial charge on any atom is -0.465 e. The molecule has 3 heteroatoms. The van der Waals surface area contributed by atoms with E-state index in [4.69, 9.17) is 4.74 Å². The summed E-state index contributed by atoms with van der Waals surface area (Å²) in [4.78, 5) is 13.5. The van der Waals surface area contributed by atoms with Crippen LogP contribution in [0.4, 0.5) is 0 Å². The molecule has 0 saturated carbocycles. The molecule has 0 heterocycles. The minimum absolute atomic E-state index is 0.188. The molecular formula is C15H21NO2. The van der Waals surface area contributed by atoms with Crippen molar-refractivity contribution in [3.63, 3.8) is 0 Å². The molecule has 1 rings (SSSR count). The molecule has 3 nitrogen and oxygen atoms in total. The average molecular weight is 247 g/mol. The van der Waals surface area contributed by atoms with Gasteiger partial charge >= 0.3 is 5.97 Å². The van der Waals surface area contributed by atoms with E-state index < -0.39 is 0 Å². The quantitative estimate of drug-likeness (QED) is 0.548. The van der Waals surface area contributed by atoms with Gasteiger partial charge in [0.2, 0.25) is 0 Å². The summed E-state index contributed by atoms with van der Waals surface area (Å²) < 4.78 is 4.97. The first-order chi connectivity index (χ1) is 8.65. The summed E-state index contributed by atoms with van der Waals surface area (Å²) in [5.74, 6) is -0.188. The molecule has 98 valence electrons. The predicted octanol–water partition coefficient (Wildman–Crippen LogP) is 2.55. The average Bonchev–Trinajstić information content (AvgIpc) is 2.29. The summed E-state index contributed by atoms with van der Waals surface area (Å²) in [5, 5.41) is 0. The van der Waals surface area contributed by atoms with Crippen molar-refractivity contribution >= 4 is 5.97 Å². The number of carbonyl (C=O) groups is 1. The predicted molar refractivity (Wildman–Crippen MR) is 73.3 cm³/mol. The number of rotatable bonds is 7. The van der Waals surface area contributed by atoms with Crippen LogP contribution in [0.15, 0.2) is 36.9 Å². The lowest BCUT2D eigenvalue weighted by molar-refractivity contribution is -0.144. The van der Waals surface area contributed by atoms with Gasteiger partial charge in [0.25, 0.3) is 0 Å². The molecule has 1 aromatic carbocycles. The summed E-state index contributed by atoms with van der Waals surface area (Å²) in [5.41, 5.74) is 2.42. The van der Waals surface area contributed by atoms with Crippen molar-refractivity contribution in [3.05, 3.63) is 48.0 Å². The second-order valence-corrected chi connectivity index (χ2v) is 4.25. The van der Waals surface area contributed by atoms with Crippen LogP contribution in [0.3, 0.4) is 0 Å². The summed E-state index contributed by atoms with van der Waals surface area (Å²) in [6, 6.07) is 8.28. The smallest absolute Gasteiger partial charge is 0.320 e. The van der Waals surface area contributed by atoms with Gasteiger partial charge in [-0.3, -0.25) is 9.69 Å². The molecule has 0 N–H and O–H groups in total. The van der Waals surface area contributed by atoms with Crippen molar-refractivity contribution in [2.75, 3.05) is 19.7 Å². The molecule has 0 radical (unpaired) electrons. The van der Waals surface area contributed by atoms with Crippen molar-refractivity contribution in [2.45, 2.75) is 20.4 Å². The van der Waals surface area contributed by atoms with Gasteiger partial charge in [0, 0.05) is 13.1 Å². The number of hydrogen-bond donors (Lipinski definition) is 0. The molecular weight excluding hydrogens is 226 g/mol. The van der Waals surface area contributed by atoms with Crippen molar-refractivity contribution in [2.24, 2.45) is 0 Å². The van der Waals surface area contributed by atoms with Gasteiger partial charge in [-0.2, -0.15) is 0 Å². The first-order valence-corrected chi connectivity index (χ1v) is 6.20. The van der Waals surface area contributed by atoms with Crippen LogP contribution in [0.2, 0.25) is 0 Å². The summed E-state index contributed by atoms with van der Waals surface area (Å²) in [6.07, 6.45) is 1.80. The molecule has 0 aromatic heterocycles. The fourth-order valence-electron chi connectivity index (χ4n) is 1.83. The fourth-order valence-corrected chi connectivity index (χ4v) is 1.83. The Hall–Kier alpha value is -1.61. The highest BCUT2D eigenvalue weighted by Crippen LogP contribution is 2.07. The maximum absolute atomic E-state index is 11.5. The molecule has 0 aliphatic heterocycles. The van der Waals surface area contributed by atoms with Crippen molar-refractivity contribution in [3.8, 4) is 0 Å². The van der Waals surface area contributed by atoms with Crippen LogP contribution < -0.4 is 0 Å². The van der Waals surface area contributed by atoms with Gasteiger partial charge in [-0.1, -0.05) is 35.9 Å². The Labute approximate surface area is 109 Å². The van der Waals surface area contributed by atoms with Crippen LogP contribution in [0.1, 0.15) is 18.1 Å². The lowest BCUT2D eigenvalue weighted by Crippen LogP contribution is -2.30. The summed E-state index contributed by atoms with van der Waals surface area (Å²) in [6.45, 7) is 9.72. The van der Waals surface area contributed by atoms with E-state index in [1.54, 1.807) is 6.08 Å². The van der Waals surface area contributed by atoms with E-state index in [9.17, 15) is 4.79 Å². The molecule has 0 unspecified atom stereocenters. The number of carbonyl (C=O) groups excluding carboxylic acids is 1. The van der Waals surface area contributed by atoms with Crippen molar-refractivity contribution in [1.82, 2.24) is 4.90 Å².